The van der Waals surface area contributed by atoms with Crippen molar-refractivity contribution < 1.29 is 4.74 Å². The number of ether oxygens (including phenoxy) is 1. The lowest BCUT2D eigenvalue weighted by Gasteiger charge is -2.29. The van der Waals surface area contributed by atoms with E-state index in [1.807, 2.05) is 66.9 Å². The Kier molecular flexibility index (Phi) is 5.09. The van der Waals surface area contributed by atoms with Crippen LogP contribution in [0.2, 0.25) is 0 Å². The van der Waals surface area contributed by atoms with Crippen molar-refractivity contribution in [3.63, 3.8) is 0 Å². The van der Waals surface area contributed by atoms with Crippen LogP contribution < -0.4 is 15.0 Å². The van der Waals surface area contributed by atoms with Crippen LogP contribution in [0.15, 0.2) is 91.5 Å². The Morgan fingerprint density at radius 3 is 2.52 bits per heavy atom. The summed E-state index contributed by atoms with van der Waals surface area (Å²) in [7, 11) is 1.68. The van der Waals surface area contributed by atoms with Crippen LogP contribution in [0.25, 0.3) is 5.69 Å². The van der Waals surface area contributed by atoms with Gasteiger partial charge in [-0.3, -0.25) is 9.97 Å². The van der Waals surface area contributed by atoms with Crippen molar-refractivity contribution in [3.05, 3.63) is 103 Å². The lowest BCUT2D eigenvalue weighted by molar-refractivity contribution is 0.414. The molecule has 1 N–H and O–H groups in total. The summed E-state index contributed by atoms with van der Waals surface area (Å²) in [6, 6.07) is 21.8. The van der Waals surface area contributed by atoms with Gasteiger partial charge < -0.3 is 19.5 Å². The Bertz CT molecular complexity index is 1190. The molecular weight excluding hydrogens is 406 g/mol. The number of hydrogen-bond donors (Lipinski definition) is 1. The van der Waals surface area contributed by atoms with E-state index in [2.05, 4.69) is 37.0 Å². The molecule has 0 amide bonds. The summed E-state index contributed by atoms with van der Waals surface area (Å²) in [6.45, 7) is 0. The summed E-state index contributed by atoms with van der Waals surface area (Å²) in [5, 5.41) is 4.13. The molecule has 0 radical (unpaired) electrons. The van der Waals surface area contributed by atoms with Gasteiger partial charge in [0, 0.05) is 36.2 Å². The molecule has 0 unspecified atom stereocenters. The highest BCUT2D eigenvalue weighted by Gasteiger charge is 2.43. The monoisotopic (exact) mass is 427 g/mol. The molecule has 31 heavy (non-hydrogen) atoms. The first kappa shape index (κ1) is 19.3. The Hall–Kier alpha value is -3.71. The molecule has 4 aromatic rings. The number of aromatic nitrogens is 3. The van der Waals surface area contributed by atoms with Crippen LogP contribution in [0.4, 0.5) is 5.69 Å². The molecule has 2 atom stereocenters. The zero-order valence-corrected chi connectivity index (χ0v) is 17.7. The molecule has 0 spiro atoms. The highest BCUT2D eigenvalue weighted by Crippen LogP contribution is 2.44. The summed E-state index contributed by atoms with van der Waals surface area (Å²) >= 11 is 5.83. The lowest BCUT2D eigenvalue weighted by atomic mass is 10.0. The highest BCUT2D eigenvalue weighted by atomic mass is 32.1. The number of nitrogens with zero attached hydrogens (tertiary/aromatic N) is 4. The zero-order valence-electron chi connectivity index (χ0n) is 16.9. The molecule has 1 fully saturated rings. The largest absolute Gasteiger partial charge is 0.495 e. The fourth-order valence-electron chi connectivity index (χ4n) is 4.12. The van der Waals surface area contributed by atoms with Crippen molar-refractivity contribution >= 4 is 23.0 Å². The molecule has 1 aromatic carbocycles. The second-order valence-electron chi connectivity index (χ2n) is 7.18. The van der Waals surface area contributed by atoms with Gasteiger partial charge in [0.2, 0.25) is 0 Å². The molecule has 1 aliphatic rings. The van der Waals surface area contributed by atoms with Gasteiger partial charge in [0.15, 0.2) is 5.11 Å². The van der Waals surface area contributed by atoms with Crippen molar-refractivity contribution in [2.45, 2.75) is 12.1 Å². The number of para-hydroxylation sites is 2. The minimum atomic E-state index is -0.137. The molecule has 1 aliphatic heterocycles. The summed E-state index contributed by atoms with van der Waals surface area (Å²) in [6.07, 6.45) is 7.46. The maximum Gasteiger partial charge on any atom is 0.174 e. The summed E-state index contributed by atoms with van der Waals surface area (Å²) in [4.78, 5) is 10.9. The van der Waals surface area contributed by atoms with Gasteiger partial charge in [-0.2, -0.15) is 0 Å². The standard InChI is InChI=1S/C24H21N5OS/c1-30-21-10-3-2-8-19(21)29-23(22(27-24(29)31)18-7-4-5-13-26-18)20-9-6-16-28(20)17-11-14-25-15-12-17/h2-16,22-23H,1H3,(H,27,31)/t22-,23-/m0/s1. The van der Waals surface area contributed by atoms with E-state index in [9.17, 15) is 0 Å². The lowest BCUT2D eigenvalue weighted by Crippen LogP contribution is -2.30. The summed E-state index contributed by atoms with van der Waals surface area (Å²) in [5.41, 5.74) is 3.95. The average Bonchev–Trinajstić information content (AvgIpc) is 3.44. The van der Waals surface area contributed by atoms with Gasteiger partial charge in [-0.05, 0) is 60.7 Å². The maximum atomic E-state index is 5.83. The normalized spacial score (nSPS) is 18.1. The van der Waals surface area contributed by atoms with E-state index in [1.54, 1.807) is 19.5 Å². The van der Waals surface area contributed by atoms with Crippen LogP contribution in [-0.2, 0) is 0 Å². The third-order valence-corrected chi connectivity index (χ3v) is 5.78. The van der Waals surface area contributed by atoms with Gasteiger partial charge in [-0.15, -0.1) is 0 Å². The van der Waals surface area contributed by atoms with Gasteiger partial charge in [-0.25, -0.2) is 0 Å². The molecule has 0 aliphatic carbocycles. The van der Waals surface area contributed by atoms with E-state index in [-0.39, 0.29) is 12.1 Å². The smallest absolute Gasteiger partial charge is 0.174 e. The number of pyridine rings is 2. The number of thiocarbonyl (C=S) groups is 1. The topological polar surface area (TPSA) is 55.2 Å². The van der Waals surface area contributed by atoms with Crippen LogP contribution in [0.3, 0.4) is 0 Å². The second kappa shape index (κ2) is 8.20. The van der Waals surface area contributed by atoms with Crippen molar-refractivity contribution in [1.29, 1.82) is 0 Å². The van der Waals surface area contributed by atoms with Crippen molar-refractivity contribution in [1.82, 2.24) is 19.9 Å². The van der Waals surface area contributed by atoms with Crippen LogP contribution in [0, 0.1) is 0 Å². The molecule has 0 bridgehead atoms. The summed E-state index contributed by atoms with van der Waals surface area (Å²) < 4.78 is 7.83. The van der Waals surface area contributed by atoms with Crippen LogP contribution in [0.5, 0.6) is 5.75 Å². The SMILES string of the molecule is COc1ccccc1N1C(=S)N[C@@H](c2ccccn2)[C@@H]1c1cccn1-c1ccncc1. The number of methoxy groups -OCH3 is 1. The van der Waals surface area contributed by atoms with Gasteiger partial charge >= 0.3 is 0 Å². The quantitative estimate of drug-likeness (QED) is 0.475. The predicted octanol–water partition coefficient (Wildman–Crippen LogP) is 4.45. The fourth-order valence-corrected chi connectivity index (χ4v) is 4.46. The van der Waals surface area contributed by atoms with E-state index in [0.29, 0.717) is 5.11 Å². The fraction of sp³-hybridized carbons (Fsp3) is 0.125. The van der Waals surface area contributed by atoms with E-state index in [0.717, 1.165) is 28.5 Å². The van der Waals surface area contributed by atoms with Crippen molar-refractivity contribution in [3.8, 4) is 11.4 Å². The van der Waals surface area contributed by atoms with Crippen LogP contribution >= 0.6 is 12.2 Å². The van der Waals surface area contributed by atoms with Crippen molar-refractivity contribution in [2.75, 3.05) is 12.0 Å². The molecule has 3 aromatic heterocycles. The van der Waals surface area contributed by atoms with E-state index < -0.39 is 0 Å². The van der Waals surface area contributed by atoms with Gasteiger partial charge in [0.05, 0.1) is 24.5 Å². The first-order valence-corrected chi connectivity index (χ1v) is 10.4. The van der Waals surface area contributed by atoms with Gasteiger partial charge in [-0.1, -0.05) is 18.2 Å². The molecule has 1 saturated heterocycles. The first-order valence-electron chi connectivity index (χ1n) is 9.99. The van der Waals surface area contributed by atoms with Crippen molar-refractivity contribution in [2.24, 2.45) is 0 Å². The predicted molar refractivity (Wildman–Crippen MR) is 124 cm³/mol. The number of benzene rings is 1. The Labute approximate surface area is 186 Å². The number of hydrogen-bond acceptors (Lipinski definition) is 4. The number of anilines is 1. The zero-order chi connectivity index (χ0) is 21.2. The minimum Gasteiger partial charge on any atom is -0.495 e. The molecule has 154 valence electrons. The first-order chi connectivity index (χ1) is 15.3. The van der Waals surface area contributed by atoms with Gasteiger partial charge in [0.25, 0.3) is 0 Å². The van der Waals surface area contributed by atoms with E-state index in [4.69, 9.17) is 17.0 Å². The maximum absolute atomic E-state index is 5.83. The molecule has 0 saturated carbocycles. The Morgan fingerprint density at radius 2 is 1.74 bits per heavy atom. The minimum absolute atomic E-state index is 0.130. The number of nitrogens with one attached hydrogen (secondary N) is 1. The molecular formula is C24H21N5OS. The van der Waals surface area contributed by atoms with E-state index in [1.165, 1.54) is 0 Å². The summed E-state index contributed by atoms with van der Waals surface area (Å²) in [5.74, 6) is 0.764. The second-order valence-corrected chi connectivity index (χ2v) is 7.56. The van der Waals surface area contributed by atoms with Crippen LogP contribution in [-0.4, -0.2) is 26.8 Å². The highest BCUT2D eigenvalue weighted by molar-refractivity contribution is 7.80. The van der Waals surface area contributed by atoms with Crippen LogP contribution in [0.1, 0.15) is 23.5 Å². The molecule has 5 rings (SSSR count). The third kappa shape index (κ3) is 3.43. The Morgan fingerprint density at radius 1 is 0.935 bits per heavy atom. The molecule has 6 nitrogen and oxygen atoms in total. The van der Waals surface area contributed by atoms with Gasteiger partial charge in [0.1, 0.15) is 11.8 Å². The molecule has 7 heteroatoms. The molecule has 4 heterocycles. The third-order valence-electron chi connectivity index (χ3n) is 5.47. The average molecular weight is 428 g/mol. The van der Waals surface area contributed by atoms with E-state index >= 15 is 0 Å². The number of rotatable bonds is 5. The Balaban J connectivity index is 1.69.